The molecule has 4 rings (SSSR count). The van der Waals surface area contributed by atoms with Gasteiger partial charge in [-0.2, -0.15) is 0 Å². The van der Waals surface area contributed by atoms with E-state index in [1.165, 1.54) is 36.5 Å². The van der Waals surface area contributed by atoms with E-state index in [0.717, 1.165) is 12.0 Å². The highest BCUT2D eigenvalue weighted by molar-refractivity contribution is 7.90. The van der Waals surface area contributed by atoms with Crippen LogP contribution < -0.4 is 4.72 Å². The molecule has 0 bridgehead atoms. The van der Waals surface area contributed by atoms with Crippen molar-refractivity contribution in [3.05, 3.63) is 64.7 Å². The lowest BCUT2D eigenvalue weighted by Crippen LogP contribution is -2.34. The highest BCUT2D eigenvalue weighted by atomic mass is 32.2. The largest absolute Gasteiger partial charge is 0.273 e. The van der Waals surface area contributed by atoms with Crippen LogP contribution in [-0.4, -0.2) is 14.3 Å². The minimum Gasteiger partial charge on any atom is -0.273 e. The number of hydrogen-bond acceptors (Lipinski definition) is 3. The fourth-order valence-electron chi connectivity index (χ4n) is 4.17. The summed E-state index contributed by atoms with van der Waals surface area (Å²) in [7, 11) is -3.85. The van der Waals surface area contributed by atoms with Gasteiger partial charge in [0, 0.05) is 0 Å². The third-order valence-corrected chi connectivity index (χ3v) is 7.29. The van der Waals surface area contributed by atoms with Crippen LogP contribution in [-0.2, 0) is 21.2 Å². The van der Waals surface area contributed by atoms with Gasteiger partial charge < -0.3 is 0 Å². The third kappa shape index (κ3) is 2.94. The van der Waals surface area contributed by atoms with Gasteiger partial charge in [0.2, 0.25) is 5.91 Å². The van der Waals surface area contributed by atoms with Crippen molar-refractivity contribution in [2.75, 3.05) is 0 Å². The standard InChI is InChI=1S/C21H23NO3S/c1-14-6-2-3-11-20(14)26(24,25)22-21(23)19-13-12-18-16(15-7-4-8-15)9-5-10-17(18)19/h2-3,5-6,9-11,15,19H,4,7-8,12-13H2,1H3,(H,22,23). The third-order valence-electron chi connectivity index (χ3n) is 5.79. The van der Waals surface area contributed by atoms with E-state index in [1.54, 1.807) is 25.1 Å². The van der Waals surface area contributed by atoms with Crippen LogP contribution in [0, 0.1) is 6.92 Å². The van der Waals surface area contributed by atoms with Crippen molar-refractivity contribution >= 4 is 15.9 Å². The number of carbonyl (C=O) groups is 1. The molecule has 1 amide bonds. The number of amides is 1. The molecule has 0 saturated heterocycles. The molecule has 2 aliphatic rings. The Balaban J connectivity index is 1.59. The first-order valence-electron chi connectivity index (χ1n) is 9.21. The van der Waals surface area contributed by atoms with E-state index in [2.05, 4.69) is 10.8 Å². The molecule has 0 radical (unpaired) electrons. The average molecular weight is 369 g/mol. The van der Waals surface area contributed by atoms with Crippen molar-refractivity contribution in [3.63, 3.8) is 0 Å². The summed E-state index contributed by atoms with van der Waals surface area (Å²) in [5.41, 5.74) is 4.27. The lowest BCUT2D eigenvalue weighted by atomic mass is 9.77. The summed E-state index contributed by atoms with van der Waals surface area (Å²) in [6.45, 7) is 1.73. The molecular weight excluding hydrogens is 346 g/mol. The zero-order valence-electron chi connectivity index (χ0n) is 14.9. The van der Waals surface area contributed by atoms with E-state index in [-0.39, 0.29) is 10.8 Å². The fourth-order valence-corrected chi connectivity index (χ4v) is 5.44. The lowest BCUT2D eigenvalue weighted by molar-refractivity contribution is -0.120. The zero-order chi connectivity index (χ0) is 18.3. The Morgan fingerprint density at radius 3 is 2.42 bits per heavy atom. The first kappa shape index (κ1) is 17.3. The summed E-state index contributed by atoms with van der Waals surface area (Å²) in [5, 5.41) is 0. The summed E-state index contributed by atoms with van der Waals surface area (Å²) in [4.78, 5) is 12.9. The molecule has 1 N–H and O–H groups in total. The van der Waals surface area contributed by atoms with Crippen molar-refractivity contribution in [3.8, 4) is 0 Å². The Bertz CT molecular complexity index is 961. The summed E-state index contributed by atoms with van der Waals surface area (Å²) >= 11 is 0. The minimum atomic E-state index is -3.85. The molecule has 0 spiro atoms. The fraction of sp³-hybridized carbons (Fsp3) is 0.381. The number of sulfonamides is 1. The summed E-state index contributed by atoms with van der Waals surface area (Å²) in [6.07, 6.45) is 5.23. The molecule has 136 valence electrons. The van der Waals surface area contributed by atoms with E-state index >= 15 is 0 Å². The van der Waals surface area contributed by atoms with E-state index in [0.29, 0.717) is 17.9 Å². The number of aryl methyl sites for hydroxylation is 1. The van der Waals surface area contributed by atoms with Crippen LogP contribution in [0.4, 0.5) is 0 Å². The van der Waals surface area contributed by atoms with Gasteiger partial charge in [0.25, 0.3) is 10.0 Å². The normalized spacial score (nSPS) is 19.7. The molecular formula is C21H23NO3S. The Labute approximate surface area is 154 Å². The summed E-state index contributed by atoms with van der Waals surface area (Å²) < 4.78 is 27.6. The van der Waals surface area contributed by atoms with Crippen LogP contribution >= 0.6 is 0 Å². The molecule has 1 fully saturated rings. The molecule has 1 saturated carbocycles. The zero-order valence-corrected chi connectivity index (χ0v) is 15.7. The summed E-state index contributed by atoms with van der Waals surface area (Å²) in [5.74, 6) is -0.191. The van der Waals surface area contributed by atoms with Crippen LogP contribution in [0.15, 0.2) is 47.4 Å². The van der Waals surface area contributed by atoms with Crippen molar-refractivity contribution in [2.24, 2.45) is 0 Å². The molecule has 0 aliphatic heterocycles. The van der Waals surface area contributed by atoms with Gasteiger partial charge in [-0.25, -0.2) is 13.1 Å². The number of hydrogen-bond donors (Lipinski definition) is 1. The number of rotatable bonds is 4. The van der Waals surface area contributed by atoms with Gasteiger partial charge in [-0.1, -0.05) is 42.8 Å². The van der Waals surface area contributed by atoms with Crippen LogP contribution in [0.3, 0.4) is 0 Å². The van der Waals surface area contributed by atoms with Crippen molar-refractivity contribution in [1.29, 1.82) is 0 Å². The maximum absolute atomic E-state index is 12.8. The van der Waals surface area contributed by atoms with Gasteiger partial charge in [-0.15, -0.1) is 0 Å². The van der Waals surface area contributed by atoms with Crippen molar-refractivity contribution < 1.29 is 13.2 Å². The predicted molar refractivity (Wildman–Crippen MR) is 101 cm³/mol. The van der Waals surface area contributed by atoms with Crippen LogP contribution in [0.5, 0.6) is 0 Å². The summed E-state index contributed by atoms with van der Waals surface area (Å²) in [6, 6.07) is 12.9. The molecule has 4 nitrogen and oxygen atoms in total. The van der Waals surface area contributed by atoms with E-state index in [4.69, 9.17) is 0 Å². The molecule has 2 aliphatic carbocycles. The van der Waals surface area contributed by atoms with E-state index < -0.39 is 15.9 Å². The Hall–Kier alpha value is -2.14. The van der Waals surface area contributed by atoms with Crippen LogP contribution in [0.1, 0.15) is 59.8 Å². The topological polar surface area (TPSA) is 63.2 Å². The van der Waals surface area contributed by atoms with Gasteiger partial charge in [-0.3, -0.25) is 4.79 Å². The average Bonchev–Trinajstić information content (AvgIpc) is 2.98. The monoisotopic (exact) mass is 369 g/mol. The van der Waals surface area contributed by atoms with Crippen molar-refractivity contribution in [2.45, 2.75) is 55.8 Å². The lowest BCUT2D eigenvalue weighted by Gasteiger charge is -2.28. The van der Waals surface area contributed by atoms with Gasteiger partial charge in [-0.05, 0) is 66.8 Å². The Morgan fingerprint density at radius 1 is 1.00 bits per heavy atom. The predicted octanol–water partition coefficient (Wildman–Crippen LogP) is 3.80. The molecule has 0 aromatic heterocycles. The second-order valence-corrected chi connectivity index (χ2v) is 9.02. The maximum Gasteiger partial charge on any atom is 0.264 e. The van der Waals surface area contributed by atoms with Gasteiger partial charge in [0.15, 0.2) is 0 Å². The van der Waals surface area contributed by atoms with Gasteiger partial charge >= 0.3 is 0 Å². The Morgan fingerprint density at radius 2 is 1.73 bits per heavy atom. The van der Waals surface area contributed by atoms with Crippen LogP contribution in [0.25, 0.3) is 0 Å². The van der Waals surface area contributed by atoms with E-state index in [1.807, 2.05) is 12.1 Å². The number of nitrogens with one attached hydrogen (secondary N) is 1. The molecule has 0 heterocycles. The number of benzene rings is 2. The van der Waals surface area contributed by atoms with E-state index in [9.17, 15) is 13.2 Å². The molecule has 1 atom stereocenters. The second-order valence-electron chi connectivity index (χ2n) is 7.37. The molecule has 1 unspecified atom stereocenters. The SMILES string of the molecule is Cc1ccccc1S(=O)(=O)NC(=O)C1CCc2c(C3CCC3)cccc21. The van der Waals surface area contributed by atoms with Gasteiger partial charge in [0.1, 0.15) is 0 Å². The maximum atomic E-state index is 12.8. The highest BCUT2D eigenvalue weighted by Crippen LogP contribution is 2.43. The first-order chi connectivity index (χ1) is 12.5. The molecule has 5 heteroatoms. The first-order valence-corrected chi connectivity index (χ1v) is 10.7. The molecule has 26 heavy (non-hydrogen) atoms. The van der Waals surface area contributed by atoms with Crippen molar-refractivity contribution in [1.82, 2.24) is 4.72 Å². The number of fused-ring (bicyclic) bond motifs is 1. The van der Waals surface area contributed by atoms with Crippen LogP contribution in [0.2, 0.25) is 0 Å². The molecule has 2 aromatic carbocycles. The number of carbonyl (C=O) groups excluding carboxylic acids is 1. The highest BCUT2D eigenvalue weighted by Gasteiger charge is 2.34. The smallest absolute Gasteiger partial charge is 0.264 e. The van der Waals surface area contributed by atoms with Gasteiger partial charge in [0.05, 0.1) is 10.8 Å². The minimum absolute atomic E-state index is 0.162. The molecule has 2 aromatic rings. The second kappa shape index (κ2) is 6.54. The Kier molecular flexibility index (Phi) is 4.35. The quantitative estimate of drug-likeness (QED) is 0.892.